The van der Waals surface area contributed by atoms with Crippen molar-refractivity contribution in [3.63, 3.8) is 0 Å². The van der Waals surface area contributed by atoms with E-state index in [9.17, 15) is 13.6 Å². The fourth-order valence-electron chi connectivity index (χ4n) is 1.33. The Labute approximate surface area is 83.3 Å². The second kappa shape index (κ2) is 7.71. The van der Waals surface area contributed by atoms with E-state index in [2.05, 4.69) is 6.92 Å². The molecule has 0 spiro atoms. The molecule has 0 heterocycles. The SMILES string of the molecule is CCCCCCCC(C(=O)O)C(F)F. The molecule has 0 fully saturated rings. The lowest BCUT2D eigenvalue weighted by atomic mass is 10.0. The zero-order valence-electron chi connectivity index (χ0n) is 8.51. The van der Waals surface area contributed by atoms with Crippen LogP contribution in [0.5, 0.6) is 0 Å². The Hall–Kier alpha value is -0.670. The largest absolute Gasteiger partial charge is 0.481 e. The smallest absolute Gasteiger partial charge is 0.312 e. The first kappa shape index (κ1) is 13.3. The van der Waals surface area contributed by atoms with Gasteiger partial charge >= 0.3 is 5.97 Å². The number of rotatable bonds is 8. The molecule has 0 aliphatic rings. The van der Waals surface area contributed by atoms with Gasteiger partial charge in [0.1, 0.15) is 5.92 Å². The average Bonchev–Trinajstić information content (AvgIpc) is 2.09. The molecule has 0 saturated heterocycles. The van der Waals surface area contributed by atoms with E-state index in [1.165, 1.54) is 0 Å². The van der Waals surface area contributed by atoms with Gasteiger partial charge in [0.05, 0.1) is 0 Å². The molecule has 0 saturated carbocycles. The third-order valence-electron chi connectivity index (χ3n) is 2.24. The lowest BCUT2D eigenvalue weighted by Crippen LogP contribution is -2.21. The summed E-state index contributed by atoms with van der Waals surface area (Å²) < 4.78 is 24.3. The first-order chi connectivity index (χ1) is 6.59. The Morgan fingerprint density at radius 3 is 2.21 bits per heavy atom. The van der Waals surface area contributed by atoms with E-state index in [-0.39, 0.29) is 6.42 Å². The van der Waals surface area contributed by atoms with Gasteiger partial charge in [0, 0.05) is 0 Å². The molecule has 0 aliphatic heterocycles. The maximum Gasteiger partial charge on any atom is 0.312 e. The number of carbonyl (C=O) groups is 1. The lowest BCUT2D eigenvalue weighted by Gasteiger charge is -2.10. The van der Waals surface area contributed by atoms with Gasteiger partial charge in [-0.2, -0.15) is 0 Å². The van der Waals surface area contributed by atoms with Crippen LogP contribution in [0.15, 0.2) is 0 Å². The van der Waals surface area contributed by atoms with E-state index in [1.54, 1.807) is 0 Å². The Bertz CT molecular complexity index is 160. The highest BCUT2D eigenvalue weighted by Gasteiger charge is 2.26. The Morgan fingerprint density at radius 1 is 1.21 bits per heavy atom. The zero-order chi connectivity index (χ0) is 11.0. The number of halogens is 2. The van der Waals surface area contributed by atoms with Crippen LogP contribution in [0.1, 0.15) is 45.4 Å². The molecular formula is C10H18F2O2. The molecule has 0 amide bonds. The molecule has 0 rings (SSSR count). The fraction of sp³-hybridized carbons (Fsp3) is 0.900. The van der Waals surface area contributed by atoms with E-state index in [1.807, 2.05) is 0 Å². The summed E-state index contributed by atoms with van der Waals surface area (Å²) in [5, 5.41) is 8.47. The van der Waals surface area contributed by atoms with E-state index in [0.29, 0.717) is 6.42 Å². The van der Waals surface area contributed by atoms with Crippen LogP contribution < -0.4 is 0 Å². The van der Waals surface area contributed by atoms with Crippen molar-refractivity contribution in [3.8, 4) is 0 Å². The minimum Gasteiger partial charge on any atom is -0.481 e. The number of carboxylic acids is 1. The average molecular weight is 208 g/mol. The maximum atomic E-state index is 12.1. The molecule has 14 heavy (non-hydrogen) atoms. The van der Waals surface area contributed by atoms with Crippen molar-refractivity contribution in [2.24, 2.45) is 5.92 Å². The van der Waals surface area contributed by atoms with Crippen molar-refractivity contribution in [1.82, 2.24) is 0 Å². The summed E-state index contributed by atoms with van der Waals surface area (Å²) >= 11 is 0. The van der Waals surface area contributed by atoms with Gasteiger partial charge in [-0.1, -0.05) is 39.0 Å². The normalized spacial score (nSPS) is 13.1. The summed E-state index contributed by atoms with van der Waals surface area (Å²) in [6, 6.07) is 0. The summed E-state index contributed by atoms with van der Waals surface area (Å²) in [5.74, 6) is -2.85. The van der Waals surface area contributed by atoms with Crippen LogP contribution in [0, 0.1) is 5.92 Å². The topological polar surface area (TPSA) is 37.3 Å². The van der Waals surface area contributed by atoms with Crippen LogP contribution in [0.2, 0.25) is 0 Å². The first-order valence-corrected chi connectivity index (χ1v) is 5.10. The molecule has 1 atom stereocenters. The summed E-state index contributed by atoms with van der Waals surface area (Å²) in [6.45, 7) is 2.07. The Balaban J connectivity index is 3.57. The Morgan fingerprint density at radius 2 is 1.79 bits per heavy atom. The van der Waals surface area contributed by atoms with Crippen LogP contribution in [0.3, 0.4) is 0 Å². The molecule has 2 nitrogen and oxygen atoms in total. The Kier molecular flexibility index (Phi) is 7.34. The highest BCUT2D eigenvalue weighted by Crippen LogP contribution is 2.18. The third kappa shape index (κ3) is 5.89. The molecule has 0 aromatic rings. The standard InChI is InChI=1S/C10H18F2O2/c1-2-3-4-5-6-7-8(9(11)12)10(13)14/h8-9H,2-7H2,1H3,(H,13,14). The molecule has 0 aromatic carbocycles. The van der Waals surface area contributed by atoms with Crippen molar-refractivity contribution in [1.29, 1.82) is 0 Å². The van der Waals surface area contributed by atoms with Gasteiger partial charge in [-0.3, -0.25) is 4.79 Å². The van der Waals surface area contributed by atoms with Crippen LogP contribution >= 0.6 is 0 Å². The van der Waals surface area contributed by atoms with Crippen LogP contribution in [0.25, 0.3) is 0 Å². The second-order valence-corrected chi connectivity index (χ2v) is 3.48. The van der Waals surface area contributed by atoms with Crippen molar-refractivity contribution >= 4 is 5.97 Å². The van der Waals surface area contributed by atoms with Crippen LogP contribution in [0.4, 0.5) is 8.78 Å². The van der Waals surface area contributed by atoms with E-state index in [0.717, 1.165) is 25.7 Å². The van der Waals surface area contributed by atoms with Gasteiger partial charge in [0.25, 0.3) is 6.43 Å². The minimum absolute atomic E-state index is 0.0940. The van der Waals surface area contributed by atoms with Crippen molar-refractivity contribution in [2.75, 3.05) is 0 Å². The van der Waals surface area contributed by atoms with Crippen molar-refractivity contribution < 1.29 is 18.7 Å². The number of hydrogen-bond donors (Lipinski definition) is 1. The molecule has 0 radical (unpaired) electrons. The van der Waals surface area contributed by atoms with E-state index >= 15 is 0 Å². The van der Waals surface area contributed by atoms with Crippen LogP contribution in [-0.2, 0) is 4.79 Å². The highest BCUT2D eigenvalue weighted by molar-refractivity contribution is 5.70. The monoisotopic (exact) mass is 208 g/mol. The van der Waals surface area contributed by atoms with Gasteiger partial charge in [-0.25, -0.2) is 8.78 Å². The van der Waals surface area contributed by atoms with Gasteiger partial charge in [-0.15, -0.1) is 0 Å². The summed E-state index contributed by atoms with van der Waals surface area (Å²) in [5.41, 5.74) is 0. The summed E-state index contributed by atoms with van der Waals surface area (Å²) in [6.07, 6.45) is 1.98. The predicted molar refractivity (Wildman–Crippen MR) is 50.5 cm³/mol. The first-order valence-electron chi connectivity index (χ1n) is 5.10. The van der Waals surface area contributed by atoms with Crippen molar-refractivity contribution in [3.05, 3.63) is 0 Å². The van der Waals surface area contributed by atoms with Gasteiger partial charge in [0.15, 0.2) is 0 Å². The van der Waals surface area contributed by atoms with E-state index in [4.69, 9.17) is 5.11 Å². The molecule has 1 N–H and O–H groups in total. The maximum absolute atomic E-state index is 12.1. The second-order valence-electron chi connectivity index (χ2n) is 3.48. The van der Waals surface area contributed by atoms with E-state index < -0.39 is 18.3 Å². The highest BCUT2D eigenvalue weighted by atomic mass is 19.3. The fourth-order valence-corrected chi connectivity index (χ4v) is 1.33. The molecule has 0 bridgehead atoms. The van der Waals surface area contributed by atoms with Gasteiger partial charge < -0.3 is 5.11 Å². The summed E-state index contributed by atoms with van der Waals surface area (Å²) in [4.78, 5) is 10.4. The molecular weight excluding hydrogens is 190 g/mol. The third-order valence-corrected chi connectivity index (χ3v) is 2.24. The van der Waals surface area contributed by atoms with Gasteiger partial charge in [0.2, 0.25) is 0 Å². The minimum atomic E-state index is -2.74. The number of carboxylic acid groups (broad SMARTS) is 1. The molecule has 0 aromatic heterocycles. The molecule has 1 unspecified atom stereocenters. The lowest BCUT2D eigenvalue weighted by molar-refractivity contribution is -0.147. The quantitative estimate of drug-likeness (QED) is 0.621. The zero-order valence-corrected chi connectivity index (χ0v) is 8.51. The number of unbranched alkanes of at least 4 members (excludes halogenated alkanes) is 4. The predicted octanol–water partition coefficient (Wildman–Crippen LogP) is 3.31. The molecule has 84 valence electrons. The molecule has 4 heteroatoms. The van der Waals surface area contributed by atoms with Gasteiger partial charge in [-0.05, 0) is 6.42 Å². The van der Waals surface area contributed by atoms with Crippen molar-refractivity contribution in [2.45, 2.75) is 51.9 Å². The number of alkyl halides is 2. The van der Waals surface area contributed by atoms with Crippen LogP contribution in [-0.4, -0.2) is 17.5 Å². The molecule has 0 aliphatic carbocycles. The summed E-state index contributed by atoms with van der Waals surface area (Å²) in [7, 11) is 0. The number of hydrogen-bond acceptors (Lipinski definition) is 1. The number of aliphatic carboxylic acids is 1.